The van der Waals surface area contributed by atoms with Crippen LogP contribution in [0.25, 0.3) is 22.2 Å². The number of fused-ring (bicyclic) bond motifs is 1. The Labute approximate surface area is 235 Å². The summed E-state index contributed by atoms with van der Waals surface area (Å²) >= 11 is 12.6. The minimum absolute atomic E-state index is 0.214. The van der Waals surface area contributed by atoms with Crippen molar-refractivity contribution in [2.45, 2.75) is 37.8 Å². The van der Waals surface area contributed by atoms with Gasteiger partial charge in [-0.15, -0.1) is 0 Å². The third-order valence-electron chi connectivity index (χ3n) is 7.69. The fraction of sp³-hybridized carbons (Fsp3) is 0.357. The van der Waals surface area contributed by atoms with E-state index in [1.54, 1.807) is 6.20 Å². The van der Waals surface area contributed by atoms with Crippen LogP contribution in [0.2, 0.25) is 10.0 Å². The normalized spacial score (nSPS) is 17.7. The molecule has 1 aromatic carbocycles. The van der Waals surface area contributed by atoms with Gasteiger partial charge in [-0.3, -0.25) is 15.0 Å². The van der Waals surface area contributed by atoms with Gasteiger partial charge in [0, 0.05) is 48.2 Å². The molecule has 6 rings (SSSR count). The molecule has 2 fully saturated rings. The average Bonchev–Trinajstić information content (AvgIpc) is 3.57. The summed E-state index contributed by atoms with van der Waals surface area (Å²) in [5.41, 5.74) is 2.34. The van der Waals surface area contributed by atoms with Gasteiger partial charge in [0.05, 0.1) is 33.6 Å². The molecule has 8 nitrogen and oxygen atoms in total. The number of hydrogen-bond acceptors (Lipinski definition) is 7. The Morgan fingerprint density at radius 3 is 2.59 bits per heavy atom. The van der Waals surface area contributed by atoms with E-state index in [0.29, 0.717) is 57.9 Å². The number of aromatic nitrogens is 4. The van der Waals surface area contributed by atoms with Gasteiger partial charge in [-0.05, 0) is 57.1 Å². The fourth-order valence-corrected chi connectivity index (χ4v) is 6.40. The first-order chi connectivity index (χ1) is 18.9. The topological polar surface area (TPSA) is 94.0 Å². The van der Waals surface area contributed by atoms with E-state index in [2.05, 4.69) is 31.1 Å². The number of halogens is 3. The summed E-state index contributed by atoms with van der Waals surface area (Å²) in [5, 5.41) is 18.4. The molecule has 2 aliphatic rings. The van der Waals surface area contributed by atoms with E-state index in [-0.39, 0.29) is 5.54 Å². The number of nitriles is 1. The number of rotatable bonds is 7. The quantitative estimate of drug-likeness (QED) is 0.286. The molecule has 0 spiro atoms. The van der Waals surface area contributed by atoms with Crippen molar-refractivity contribution in [1.82, 2.24) is 25.1 Å². The highest BCUT2D eigenvalue weighted by molar-refractivity contribution is 6.35. The summed E-state index contributed by atoms with van der Waals surface area (Å²) in [6.07, 6.45) is 6.99. The van der Waals surface area contributed by atoms with Gasteiger partial charge in [-0.1, -0.05) is 23.2 Å². The summed E-state index contributed by atoms with van der Waals surface area (Å²) in [5.74, 6) is 0.469. The lowest BCUT2D eigenvalue weighted by Crippen LogP contribution is -2.70. The van der Waals surface area contributed by atoms with Crippen molar-refractivity contribution < 1.29 is 9.13 Å². The molecule has 3 aromatic heterocycles. The number of ether oxygens (including phenoxy) is 1. The van der Waals surface area contributed by atoms with Crippen LogP contribution in [-0.2, 0) is 0 Å². The van der Waals surface area contributed by atoms with Gasteiger partial charge in [0.25, 0.3) is 0 Å². The van der Waals surface area contributed by atoms with Crippen LogP contribution < -0.4 is 9.64 Å². The zero-order valence-corrected chi connectivity index (χ0v) is 22.8. The summed E-state index contributed by atoms with van der Waals surface area (Å²) in [4.78, 5) is 12.8. The molecule has 0 unspecified atom stereocenters. The lowest BCUT2D eigenvalue weighted by Gasteiger charge is -2.54. The Bertz CT molecular complexity index is 1550. The van der Waals surface area contributed by atoms with Crippen LogP contribution in [0.1, 0.15) is 37.9 Å². The first kappa shape index (κ1) is 25.8. The van der Waals surface area contributed by atoms with Crippen LogP contribution in [0.4, 0.5) is 10.2 Å². The molecule has 4 aromatic rings. The highest BCUT2D eigenvalue weighted by Gasteiger charge is 2.49. The van der Waals surface area contributed by atoms with Crippen molar-refractivity contribution >= 4 is 39.9 Å². The number of nitrogens with one attached hydrogen (secondary N) is 1. The Morgan fingerprint density at radius 1 is 1.15 bits per heavy atom. The SMILES string of the molecule is C[C@@H](Oc1ccc2[nH]nc(-c3cnc(N4CC(CC#N)(N5CCCC5)C4)c(F)c3)c2c1)c1c(Cl)cncc1Cl. The molecular formula is C28H26Cl2FN7O. The predicted molar refractivity (Wildman–Crippen MR) is 149 cm³/mol. The number of likely N-dealkylation sites (tertiary alicyclic amines) is 1. The van der Waals surface area contributed by atoms with Gasteiger partial charge in [0.1, 0.15) is 17.5 Å². The van der Waals surface area contributed by atoms with Crippen molar-refractivity contribution in [2.24, 2.45) is 0 Å². The molecule has 0 saturated carbocycles. The van der Waals surface area contributed by atoms with E-state index in [0.717, 1.165) is 36.8 Å². The molecule has 1 atom stereocenters. The molecule has 0 bridgehead atoms. The minimum Gasteiger partial charge on any atom is -0.486 e. The number of pyridine rings is 2. The Kier molecular flexibility index (Phi) is 6.79. The van der Waals surface area contributed by atoms with Gasteiger partial charge in [0.2, 0.25) is 0 Å². The van der Waals surface area contributed by atoms with Gasteiger partial charge in [-0.2, -0.15) is 10.4 Å². The second-order valence-electron chi connectivity index (χ2n) is 10.2. The third kappa shape index (κ3) is 4.67. The molecule has 2 saturated heterocycles. The first-order valence-electron chi connectivity index (χ1n) is 12.8. The summed E-state index contributed by atoms with van der Waals surface area (Å²) in [6, 6.07) is 9.32. The molecule has 2 aliphatic heterocycles. The standard InChI is InChI=1S/C28H26Cl2FN7O/c1-17(25-21(29)13-33-14-22(25)30)39-19-4-5-24-20(11-19)26(36-35-24)18-10-23(31)27(34-12-18)37-15-28(16-37,6-7-32)38-8-2-3-9-38/h4-5,10-14,17H,2-3,6,8-9,15-16H2,1H3,(H,35,36)/t17-/m1/s1. The van der Waals surface area contributed by atoms with Crippen LogP contribution >= 0.6 is 23.2 Å². The number of hydrogen-bond donors (Lipinski definition) is 1. The van der Waals surface area contributed by atoms with E-state index < -0.39 is 11.9 Å². The molecule has 39 heavy (non-hydrogen) atoms. The summed E-state index contributed by atoms with van der Waals surface area (Å²) in [7, 11) is 0. The first-order valence-corrected chi connectivity index (χ1v) is 13.6. The van der Waals surface area contributed by atoms with Gasteiger partial charge >= 0.3 is 0 Å². The number of benzene rings is 1. The van der Waals surface area contributed by atoms with Crippen molar-refractivity contribution in [3.05, 3.63) is 64.3 Å². The Morgan fingerprint density at radius 2 is 1.90 bits per heavy atom. The van der Waals surface area contributed by atoms with Crippen molar-refractivity contribution in [3.63, 3.8) is 0 Å². The molecule has 5 heterocycles. The van der Waals surface area contributed by atoms with Crippen LogP contribution in [0.3, 0.4) is 0 Å². The second kappa shape index (κ2) is 10.3. The minimum atomic E-state index is -0.426. The number of aromatic amines is 1. The molecule has 1 N–H and O–H groups in total. The van der Waals surface area contributed by atoms with Crippen molar-refractivity contribution in [1.29, 1.82) is 5.26 Å². The molecule has 0 aliphatic carbocycles. The molecule has 200 valence electrons. The van der Waals surface area contributed by atoms with Crippen LogP contribution in [0.5, 0.6) is 5.75 Å². The maximum Gasteiger partial charge on any atom is 0.166 e. The van der Waals surface area contributed by atoms with Crippen LogP contribution in [0.15, 0.2) is 42.9 Å². The molecular weight excluding hydrogens is 540 g/mol. The van der Waals surface area contributed by atoms with Gasteiger partial charge < -0.3 is 9.64 Å². The van der Waals surface area contributed by atoms with E-state index in [9.17, 15) is 5.26 Å². The Hall–Kier alpha value is -3.45. The van der Waals surface area contributed by atoms with Crippen molar-refractivity contribution in [2.75, 3.05) is 31.1 Å². The number of H-pyrrole nitrogens is 1. The zero-order valence-electron chi connectivity index (χ0n) is 21.3. The van der Waals surface area contributed by atoms with E-state index in [4.69, 9.17) is 27.9 Å². The van der Waals surface area contributed by atoms with Gasteiger partial charge in [-0.25, -0.2) is 9.37 Å². The monoisotopic (exact) mass is 565 g/mol. The maximum atomic E-state index is 15.4. The predicted octanol–water partition coefficient (Wildman–Crippen LogP) is 6.17. The summed E-state index contributed by atoms with van der Waals surface area (Å²) in [6.45, 7) is 5.03. The Balaban J connectivity index is 1.23. The molecule has 0 amide bonds. The molecule has 0 radical (unpaired) electrons. The zero-order chi connectivity index (χ0) is 27.1. The highest BCUT2D eigenvalue weighted by Crippen LogP contribution is 2.39. The van der Waals surface area contributed by atoms with E-state index >= 15 is 4.39 Å². The van der Waals surface area contributed by atoms with Gasteiger partial charge in [0.15, 0.2) is 11.6 Å². The van der Waals surface area contributed by atoms with Crippen LogP contribution in [0, 0.1) is 17.1 Å². The average molecular weight is 566 g/mol. The molecule has 11 heteroatoms. The number of nitrogens with zero attached hydrogens (tertiary/aromatic N) is 6. The number of anilines is 1. The smallest absolute Gasteiger partial charge is 0.166 e. The van der Waals surface area contributed by atoms with Crippen molar-refractivity contribution in [3.8, 4) is 23.1 Å². The lowest BCUT2D eigenvalue weighted by atomic mass is 9.85. The second-order valence-corrected chi connectivity index (χ2v) is 11.0. The summed E-state index contributed by atoms with van der Waals surface area (Å²) < 4.78 is 21.5. The van der Waals surface area contributed by atoms with Crippen LogP contribution in [-0.4, -0.2) is 56.8 Å². The largest absolute Gasteiger partial charge is 0.486 e. The maximum absolute atomic E-state index is 15.4. The van der Waals surface area contributed by atoms with E-state index in [1.807, 2.05) is 30.0 Å². The highest BCUT2D eigenvalue weighted by atomic mass is 35.5. The fourth-order valence-electron chi connectivity index (χ4n) is 5.73. The lowest BCUT2D eigenvalue weighted by molar-refractivity contribution is 0.0860. The third-order valence-corrected chi connectivity index (χ3v) is 8.30. The van der Waals surface area contributed by atoms with E-state index in [1.165, 1.54) is 18.5 Å².